The quantitative estimate of drug-likeness (QED) is 0.791. The third-order valence-electron chi connectivity index (χ3n) is 3.06. The molecule has 1 aliphatic rings. The van der Waals surface area contributed by atoms with Crippen LogP contribution in [-0.4, -0.2) is 10.8 Å². The summed E-state index contributed by atoms with van der Waals surface area (Å²) >= 11 is 1.67. The third-order valence-corrected chi connectivity index (χ3v) is 4.30. The maximum absolute atomic E-state index is 12.1. The predicted octanol–water partition coefficient (Wildman–Crippen LogP) is 3.19. The molecule has 2 aromatic heterocycles. The minimum Gasteiger partial charge on any atom is -0.358 e. The molecule has 0 aromatic carbocycles. The maximum Gasteiger partial charge on any atom is 0.219 e. The minimum absolute atomic E-state index is 0.129. The van der Waals surface area contributed by atoms with Crippen LogP contribution in [0.5, 0.6) is 0 Å². The topological polar surface area (TPSA) is 32.9 Å². The molecule has 2 heterocycles. The number of aryl methyl sites for hydroxylation is 2. The van der Waals surface area contributed by atoms with Crippen LogP contribution in [0.15, 0.2) is 24.4 Å². The van der Waals surface area contributed by atoms with Gasteiger partial charge in [-0.2, -0.15) is 0 Å². The predicted molar refractivity (Wildman–Crippen MR) is 65.2 cm³/mol. The lowest BCUT2D eigenvalue weighted by Gasteiger charge is -2.08. The summed E-state index contributed by atoms with van der Waals surface area (Å²) in [7, 11) is 0. The molecule has 0 radical (unpaired) electrons. The van der Waals surface area contributed by atoms with Crippen molar-refractivity contribution in [3.63, 3.8) is 0 Å². The van der Waals surface area contributed by atoms with Gasteiger partial charge in [0.2, 0.25) is 5.78 Å². The van der Waals surface area contributed by atoms with Crippen LogP contribution in [0.3, 0.4) is 0 Å². The largest absolute Gasteiger partial charge is 0.358 e. The van der Waals surface area contributed by atoms with E-state index in [-0.39, 0.29) is 5.78 Å². The lowest BCUT2D eigenvalue weighted by atomic mass is 9.99. The van der Waals surface area contributed by atoms with E-state index in [2.05, 4.69) is 11.1 Å². The molecular weight excluding hydrogens is 218 g/mol. The lowest BCUT2D eigenvalue weighted by molar-refractivity contribution is 0.103. The van der Waals surface area contributed by atoms with Crippen LogP contribution in [0.4, 0.5) is 0 Å². The summed E-state index contributed by atoms with van der Waals surface area (Å²) in [6, 6.07) is 5.78. The van der Waals surface area contributed by atoms with Gasteiger partial charge in [0.15, 0.2) is 0 Å². The minimum atomic E-state index is 0.129. The Morgan fingerprint density at radius 2 is 2.19 bits per heavy atom. The number of hydrogen-bond acceptors (Lipinski definition) is 2. The highest BCUT2D eigenvalue weighted by molar-refractivity contribution is 7.14. The molecule has 3 heteroatoms. The van der Waals surface area contributed by atoms with Gasteiger partial charge in [-0.25, -0.2) is 0 Å². The normalized spacial score (nSPS) is 14.8. The van der Waals surface area contributed by atoms with Crippen LogP contribution in [-0.2, 0) is 12.8 Å². The molecule has 0 saturated heterocycles. The highest BCUT2D eigenvalue weighted by atomic mass is 32.1. The van der Waals surface area contributed by atoms with E-state index in [0.717, 1.165) is 17.7 Å². The summed E-state index contributed by atoms with van der Waals surface area (Å²) < 4.78 is 0. The molecule has 2 aromatic rings. The van der Waals surface area contributed by atoms with E-state index in [4.69, 9.17) is 0 Å². The van der Waals surface area contributed by atoms with Crippen molar-refractivity contribution in [1.29, 1.82) is 0 Å². The van der Waals surface area contributed by atoms with Gasteiger partial charge in [-0.3, -0.25) is 4.79 Å². The molecule has 0 aliphatic heterocycles. The summed E-state index contributed by atoms with van der Waals surface area (Å²) in [6.07, 6.45) is 6.62. The second-order valence-corrected chi connectivity index (χ2v) is 5.32. The summed E-state index contributed by atoms with van der Waals surface area (Å²) in [5.41, 5.74) is 2.09. The monoisotopic (exact) mass is 231 g/mol. The second-order valence-electron chi connectivity index (χ2n) is 4.18. The fourth-order valence-electron chi connectivity index (χ4n) is 2.21. The molecule has 1 N–H and O–H groups in total. The highest BCUT2D eigenvalue weighted by Crippen LogP contribution is 2.30. The van der Waals surface area contributed by atoms with Crippen LogP contribution >= 0.6 is 11.3 Å². The van der Waals surface area contributed by atoms with Crippen molar-refractivity contribution < 1.29 is 4.79 Å². The Bertz CT molecular complexity index is 487. The van der Waals surface area contributed by atoms with E-state index in [1.54, 1.807) is 17.5 Å². The molecular formula is C13H13NOS. The third kappa shape index (κ3) is 1.61. The number of thiophene rings is 1. The van der Waals surface area contributed by atoms with Crippen LogP contribution < -0.4 is 0 Å². The summed E-state index contributed by atoms with van der Waals surface area (Å²) in [5, 5.41) is 0. The molecule has 1 aliphatic carbocycles. The van der Waals surface area contributed by atoms with Gasteiger partial charge < -0.3 is 4.98 Å². The second kappa shape index (κ2) is 3.91. The van der Waals surface area contributed by atoms with Gasteiger partial charge in [0.25, 0.3) is 0 Å². The lowest BCUT2D eigenvalue weighted by Crippen LogP contribution is -1.98. The van der Waals surface area contributed by atoms with Gasteiger partial charge in [-0.1, -0.05) is 0 Å². The maximum atomic E-state index is 12.1. The van der Waals surface area contributed by atoms with Crippen LogP contribution in [0, 0.1) is 0 Å². The van der Waals surface area contributed by atoms with E-state index in [0.29, 0.717) is 5.69 Å². The van der Waals surface area contributed by atoms with Gasteiger partial charge in [0.1, 0.15) is 0 Å². The highest BCUT2D eigenvalue weighted by Gasteiger charge is 2.18. The number of H-pyrrole nitrogens is 1. The SMILES string of the molecule is O=C(c1ccc[nH]1)c1cc2c(s1)CCCC2. The Labute approximate surface area is 98.3 Å². The molecule has 0 spiro atoms. The zero-order chi connectivity index (χ0) is 11.0. The number of carbonyl (C=O) groups is 1. The fourth-order valence-corrected chi connectivity index (χ4v) is 3.41. The van der Waals surface area contributed by atoms with Crippen molar-refractivity contribution in [3.05, 3.63) is 45.4 Å². The average Bonchev–Trinajstić information content (AvgIpc) is 2.97. The standard InChI is InChI=1S/C13H13NOS/c15-13(10-5-3-7-14-10)12-8-9-4-1-2-6-11(9)16-12/h3,5,7-8,14H,1-2,4,6H2. The van der Waals surface area contributed by atoms with Crippen molar-refractivity contribution in [2.24, 2.45) is 0 Å². The first-order valence-electron chi connectivity index (χ1n) is 5.64. The first kappa shape index (κ1) is 9.85. The molecule has 0 fully saturated rings. The molecule has 0 bridgehead atoms. The number of hydrogen-bond donors (Lipinski definition) is 1. The van der Waals surface area contributed by atoms with Crippen LogP contribution in [0.25, 0.3) is 0 Å². The molecule has 0 amide bonds. The Hall–Kier alpha value is -1.35. The number of carbonyl (C=O) groups excluding carboxylic acids is 1. The van der Waals surface area contributed by atoms with Crippen molar-refractivity contribution in [2.45, 2.75) is 25.7 Å². The fraction of sp³-hybridized carbons (Fsp3) is 0.308. The van der Waals surface area contributed by atoms with E-state index in [9.17, 15) is 4.79 Å². The zero-order valence-electron chi connectivity index (χ0n) is 8.95. The molecule has 2 nitrogen and oxygen atoms in total. The molecule has 82 valence electrons. The number of aromatic amines is 1. The number of nitrogens with one attached hydrogen (secondary N) is 1. The Kier molecular flexibility index (Phi) is 2.40. The van der Waals surface area contributed by atoms with Crippen molar-refractivity contribution >= 4 is 17.1 Å². The van der Waals surface area contributed by atoms with E-state index in [1.165, 1.54) is 23.3 Å². The van der Waals surface area contributed by atoms with E-state index in [1.807, 2.05) is 12.1 Å². The van der Waals surface area contributed by atoms with Gasteiger partial charge in [0, 0.05) is 11.1 Å². The first-order chi connectivity index (χ1) is 7.84. The zero-order valence-corrected chi connectivity index (χ0v) is 9.77. The Morgan fingerprint density at radius 1 is 1.31 bits per heavy atom. The summed E-state index contributed by atoms with van der Waals surface area (Å²) in [4.78, 5) is 17.4. The molecule has 0 saturated carbocycles. The van der Waals surface area contributed by atoms with Crippen molar-refractivity contribution in [2.75, 3.05) is 0 Å². The molecule has 16 heavy (non-hydrogen) atoms. The first-order valence-corrected chi connectivity index (χ1v) is 6.46. The van der Waals surface area contributed by atoms with Crippen LogP contribution in [0.1, 0.15) is 38.6 Å². The van der Waals surface area contributed by atoms with Crippen molar-refractivity contribution in [3.8, 4) is 0 Å². The molecule has 3 rings (SSSR count). The average molecular weight is 231 g/mol. The van der Waals surface area contributed by atoms with Crippen molar-refractivity contribution in [1.82, 2.24) is 4.98 Å². The molecule has 0 atom stereocenters. The van der Waals surface area contributed by atoms with E-state index < -0.39 is 0 Å². The smallest absolute Gasteiger partial charge is 0.219 e. The summed E-state index contributed by atoms with van der Waals surface area (Å²) in [6.45, 7) is 0. The van der Waals surface area contributed by atoms with Gasteiger partial charge >= 0.3 is 0 Å². The van der Waals surface area contributed by atoms with Gasteiger partial charge in [-0.05, 0) is 49.4 Å². The Morgan fingerprint density at radius 3 is 2.94 bits per heavy atom. The number of fused-ring (bicyclic) bond motifs is 1. The number of ketones is 1. The van der Waals surface area contributed by atoms with Gasteiger partial charge in [-0.15, -0.1) is 11.3 Å². The van der Waals surface area contributed by atoms with E-state index >= 15 is 0 Å². The van der Waals surface area contributed by atoms with Gasteiger partial charge in [0.05, 0.1) is 10.6 Å². The van der Waals surface area contributed by atoms with Crippen LogP contribution in [0.2, 0.25) is 0 Å². The number of aromatic nitrogens is 1. The molecule has 0 unspecified atom stereocenters. The Balaban J connectivity index is 1.95. The summed E-state index contributed by atoms with van der Waals surface area (Å²) in [5.74, 6) is 0.129. The number of rotatable bonds is 2.